The van der Waals surface area contributed by atoms with Crippen molar-refractivity contribution in [3.8, 4) is 0 Å². The van der Waals surface area contributed by atoms with E-state index in [1.807, 2.05) is 0 Å². The second-order valence-electron chi connectivity index (χ2n) is 7.92. The number of esters is 4. The van der Waals surface area contributed by atoms with Crippen LogP contribution in [0.3, 0.4) is 0 Å². The maximum Gasteiger partial charge on any atom is 0.313 e. The summed E-state index contributed by atoms with van der Waals surface area (Å²) in [5.74, 6) is -6.68. The average Bonchev–Trinajstić information content (AvgIpc) is 2.70. The van der Waals surface area contributed by atoms with Crippen molar-refractivity contribution in [2.24, 2.45) is 0 Å². The van der Waals surface area contributed by atoms with Crippen LogP contribution in [0, 0.1) is 0 Å². The van der Waals surface area contributed by atoms with E-state index >= 15 is 0 Å². The van der Waals surface area contributed by atoms with Gasteiger partial charge in [-0.1, -0.05) is 0 Å². The monoisotopic (exact) mass is 518 g/mol. The van der Waals surface area contributed by atoms with Gasteiger partial charge in [-0.3, -0.25) is 38.4 Å². The summed E-state index contributed by atoms with van der Waals surface area (Å²) >= 11 is 0. The van der Waals surface area contributed by atoms with Crippen LogP contribution in [0.4, 0.5) is 0 Å². The first-order chi connectivity index (χ1) is 16.6. The highest BCUT2D eigenvalue weighted by Crippen LogP contribution is 2.15. The lowest BCUT2D eigenvalue weighted by Gasteiger charge is -2.30. The van der Waals surface area contributed by atoms with Gasteiger partial charge in [0.2, 0.25) is 0 Å². The molecule has 0 spiro atoms. The van der Waals surface area contributed by atoms with Crippen LogP contribution in [0.2, 0.25) is 0 Å². The van der Waals surface area contributed by atoms with Gasteiger partial charge in [0.25, 0.3) is 0 Å². The molecule has 0 aliphatic carbocycles. The quantitative estimate of drug-likeness (QED) is 0.128. The number of hydrogen-bond acceptors (Lipinski definition) is 14. The fraction of sp³-hybridized carbons (Fsp3) is 0.636. The van der Waals surface area contributed by atoms with Gasteiger partial charge < -0.3 is 29.2 Å². The Labute approximate surface area is 206 Å². The smallest absolute Gasteiger partial charge is 0.313 e. The van der Waals surface area contributed by atoms with Gasteiger partial charge in [-0.05, 0) is 27.7 Å². The highest BCUT2D eigenvalue weighted by Gasteiger charge is 2.38. The first-order valence-electron chi connectivity index (χ1n) is 10.7. The Kier molecular flexibility index (Phi) is 14.6. The van der Waals surface area contributed by atoms with Crippen molar-refractivity contribution in [1.29, 1.82) is 0 Å². The van der Waals surface area contributed by atoms with Crippen LogP contribution >= 0.6 is 0 Å². The molecule has 4 unspecified atom stereocenters. The van der Waals surface area contributed by atoms with E-state index in [2.05, 4.69) is 0 Å². The Hall–Kier alpha value is -3.52. The molecule has 0 amide bonds. The summed E-state index contributed by atoms with van der Waals surface area (Å²) in [5.41, 5.74) is 0. The van der Waals surface area contributed by atoms with Gasteiger partial charge in [-0.15, -0.1) is 0 Å². The average molecular weight is 518 g/mol. The Morgan fingerprint density at radius 3 is 1.00 bits per heavy atom. The van der Waals surface area contributed by atoms with Crippen LogP contribution in [0.5, 0.6) is 0 Å². The molecule has 0 aromatic heterocycles. The summed E-state index contributed by atoms with van der Waals surface area (Å²) in [6.07, 6.45) is -10.6. The molecular formula is C22H30O14. The molecule has 0 aromatic rings. The van der Waals surface area contributed by atoms with Crippen molar-refractivity contribution in [1.82, 2.24) is 0 Å². The van der Waals surface area contributed by atoms with Crippen molar-refractivity contribution < 1.29 is 67.5 Å². The molecule has 14 heteroatoms. The van der Waals surface area contributed by atoms with Crippen LogP contribution in [-0.2, 0) is 57.3 Å². The minimum Gasteiger partial charge on any atom is -0.461 e. The van der Waals surface area contributed by atoms with Crippen LogP contribution in [0.15, 0.2) is 0 Å². The summed E-state index contributed by atoms with van der Waals surface area (Å²) < 4.78 is 19.4. The number of hydrogen-bond donors (Lipinski definition) is 2. The van der Waals surface area contributed by atoms with Gasteiger partial charge in [0.1, 0.15) is 74.2 Å². The summed E-state index contributed by atoms with van der Waals surface area (Å²) in [6.45, 7) is 2.64. The molecule has 0 aliphatic rings. The maximum atomic E-state index is 11.9. The molecule has 2 N–H and O–H groups in total. The second kappa shape index (κ2) is 16.2. The van der Waals surface area contributed by atoms with Gasteiger partial charge in [0, 0.05) is 0 Å². The van der Waals surface area contributed by atoms with Gasteiger partial charge in [0.15, 0.2) is 12.2 Å². The predicted molar refractivity (Wildman–Crippen MR) is 115 cm³/mol. The summed E-state index contributed by atoms with van der Waals surface area (Å²) in [4.78, 5) is 91.7. The van der Waals surface area contributed by atoms with Crippen LogP contribution in [-0.4, -0.2) is 94.9 Å². The topological polar surface area (TPSA) is 214 Å². The van der Waals surface area contributed by atoms with E-state index in [0.717, 1.165) is 27.7 Å². The highest BCUT2D eigenvalue weighted by molar-refractivity contribution is 5.95. The zero-order valence-electron chi connectivity index (χ0n) is 20.3. The van der Waals surface area contributed by atoms with Crippen molar-refractivity contribution in [3.05, 3.63) is 0 Å². The minimum atomic E-state index is -2.15. The summed E-state index contributed by atoms with van der Waals surface area (Å²) in [5, 5.41) is 21.2. The third kappa shape index (κ3) is 14.7. The number of carbonyl (C=O) groups excluding carboxylic acids is 8. The molecule has 0 aliphatic heterocycles. The van der Waals surface area contributed by atoms with Crippen molar-refractivity contribution in [3.63, 3.8) is 0 Å². The fourth-order valence-corrected chi connectivity index (χ4v) is 2.53. The molecule has 202 valence electrons. The number of carbonyl (C=O) groups is 8. The summed E-state index contributed by atoms with van der Waals surface area (Å²) in [6, 6.07) is 0. The molecule has 4 atom stereocenters. The lowest BCUT2D eigenvalue weighted by molar-refractivity contribution is -0.189. The van der Waals surface area contributed by atoms with E-state index in [1.54, 1.807) is 0 Å². The SMILES string of the molecule is CC(=O)CC(=O)OCC(OC(=O)CC(C)=O)C(O)C(O)C(COC(=O)CC(C)=O)OC(=O)CC(C)=O. The van der Waals surface area contributed by atoms with Crippen LogP contribution in [0.25, 0.3) is 0 Å². The Morgan fingerprint density at radius 2 is 0.750 bits per heavy atom. The summed E-state index contributed by atoms with van der Waals surface area (Å²) in [7, 11) is 0. The number of ether oxygens (including phenoxy) is 4. The molecule has 0 rings (SSSR count). The largest absolute Gasteiger partial charge is 0.461 e. The number of aliphatic hydroxyl groups is 2. The number of Topliss-reactive ketones (excluding diaryl/α,β-unsaturated/α-hetero) is 4. The van der Waals surface area contributed by atoms with E-state index in [-0.39, 0.29) is 0 Å². The van der Waals surface area contributed by atoms with E-state index in [1.165, 1.54) is 0 Å². The van der Waals surface area contributed by atoms with Gasteiger partial charge in [-0.2, -0.15) is 0 Å². The van der Waals surface area contributed by atoms with Gasteiger partial charge in [0.05, 0.1) is 0 Å². The standard InChI is InChI=1S/C22H30O14/c1-11(23)5-17(27)33-9-15(35-19(29)7-13(3)25)21(31)22(32)16(36-20(30)8-14(4)26)10-34-18(28)6-12(2)24/h15-16,21-22,31-32H,5-10H2,1-4H3. The molecule has 0 saturated carbocycles. The number of aliphatic hydroxyl groups excluding tert-OH is 2. The molecule has 0 aromatic carbocycles. The second-order valence-corrected chi connectivity index (χ2v) is 7.92. The lowest BCUT2D eigenvalue weighted by atomic mass is 10.0. The van der Waals surface area contributed by atoms with Crippen molar-refractivity contribution >= 4 is 47.0 Å². The zero-order valence-corrected chi connectivity index (χ0v) is 20.3. The third-order valence-electron chi connectivity index (χ3n) is 4.07. The Morgan fingerprint density at radius 1 is 0.500 bits per heavy atom. The molecule has 36 heavy (non-hydrogen) atoms. The molecule has 0 fully saturated rings. The van der Waals surface area contributed by atoms with E-state index < -0.39 is 110 Å². The normalized spacial score (nSPS) is 13.8. The lowest BCUT2D eigenvalue weighted by Crippen LogP contribution is -2.51. The molecule has 0 radical (unpaired) electrons. The van der Waals surface area contributed by atoms with E-state index in [0.29, 0.717) is 0 Å². The van der Waals surface area contributed by atoms with E-state index in [4.69, 9.17) is 18.9 Å². The minimum absolute atomic E-state index is 0.546. The van der Waals surface area contributed by atoms with E-state index in [9.17, 15) is 48.6 Å². The molecule has 14 nitrogen and oxygen atoms in total. The third-order valence-corrected chi connectivity index (χ3v) is 4.07. The Bertz CT molecular complexity index is 791. The Balaban J connectivity index is 5.71. The highest BCUT2D eigenvalue weighted by atomic mass is 16.6. The molecule has 0 bridgehead atoms. The molecular weight excluding hydrogens is 488 g/mol. The first kappa shape index (κ1) is 32.5. The maximum absolute atomic E-state index is 11.9. The fourth-order valence-electron chi connectivity index (χ4n) is 2.53. The first-order valence-corrected chi connectivity index (χ1v) is 10.7. The zero-order chi connectivity index (χ0) is 28.0. The number of ketones is 4. The molecule has 0 heterocycles. The van der Waals surface area contributed by atoms with Gasteiger partial charge in [-0.25, -0.2) is 0 Å². The predicted octanol–water partition coefficient (Wildman–Crippen LogP) is -1.47. The van der Waals surface area contributed by atoms with Crippen LogP contribution in [0.1, 0.15) is 53.4 Å². The van der Waals surface area contributed by atoms with Crippen molar-refractivity contribution in [2.45, 2.75) is 77.8 Å². The number of rotatable bonds is 17. The van der Waals surface area contributed by atoms with Gasteiger partial charge >= 0.3 is 23.9 Å². The van der Waals surface area contributed by atoms with Crippen LogP contribution < -0.4 is 0 Å². The molecule has 0 saturated heterocycles. The van der Waals surface area contributed by atoms with Crippen molar-refractivity contribution in [2.75, 3.05) is 13.2 Å².